The maximum atomic E-state index is 11.8. The van der Waals surface area contributed by atoms with Crippen molar-refractivity contribution >= 4 is 29.7 Å². The molecule has 0 aromatic rings. The van der Waals surface area contributed by atoms with Crippen molar-refractivity contribution in [3.63, 3.8) is 0 Å². The van der Waals surface area contributed by atoms with Crippen LogP contribution >= 0.6 is 11.8 Å². The molecule has 2 N–H and O–H groups in total. The predicted molar refractivity (Wildman–Crippen MR) is 73.1 cm³/mol. The second kappa shape index (κ2) is 7.37. The zero-order valence-electron chi connectivity index (χ0n) is 11.2. The van der Waals surface area contributed by atoms with Gasteiger partial charge in [-0.1, -0.05) is 6.92 Å². The highest BCUT2D eigenvalue weighted by molar-refractivity contribution is 7.99. The fraction of sp³-hybridized carbons (Fsp3) is 0.750. The van der Waals surface area contributed by atoms with Crippen molar-refractivity contribution in [2.75, 3.05) is 18.6 Å². The number of thioether (sulfide) groups is 1. The third-order valence-corrected chi connectivity index (χ3v) is 4.22. The second-order valence-corrected chi connectivity index (χ2v) is 6.04. The molecule has 0 spiro atoms. The SMILES string of the molecule is CC(CC(=O)O)CC(=O)NC(=O)N(C)C1CCSC1. The van der Waals surface area contributed by atoms with Gasteiger partial charge in [-0.25, -0.2) is 4.79 Å². The van der Waals surface area contributed by atoms with E-state index in [-0.39, 0.29) is 24.8 Å². The van der Waals surface area contributed by atoms with Crippen LogP contribution in [0.5, 0.6) is 0 Å². The van der Waals surface area contributed by atoms with Gasteiger partial charge in [0, 0.05) is 31.7 Å². The molecule has 1 saturated heterocycles. The Morgan fingerprint density at radius 2 is 2.11 bits per heavy atom. The Morgan fingerprint density at radius 1 is 1.42 bits per heavy atom. The molecule has 3 amide bonds. The Labute approximate surface area is 116 Å². The quantitative estimate of drug-likeness (QED) is 0.792. The highest BCUT2D eigenvalue weighted by atomic mass is 32.2. The number of nitrogens with zero attached hydrogens (tertiary/aromatic N) is 1. The van der Waals surface area contributed by atoms with E-state index >= 15 is 0 Å². The van der Waals surface area contributed by atoms with Crippen molar-refractivity contribution in [2.24, 2.45) is 5.92 Å². The van der Waals surface area contributed by atoms with E-state index in [2.05, 4.69) is 5.32 Å². The summed E-state index contributed by atoms with van der Waals surface area (Å²) in [5.41, 5.74) is 0. The molecular weight excluding hydrogens is 268 g/mol. The fourth-order valence-electron chi connectivity index (χ4n) is 1.94. The summed E-state index contributed by atoms with van der Waals surface area (Å²) in [6.45, 7) is 1.68. The number of imide groups is 1. The minimum absolute atomic E-state index is 0.0469. The minimum atomic E-state index is -0.938. The van der Waals surface area contributed by atoms with Gasteiger partial charge < -0.3 is 10.0 Å². The first-order valence-corrected chi connectivity index (χ1v) is 7.41. The summed E-state index contributed by atoms with van der Waals surface area (Å²) >= 11 is 1.79. The average Bonchev–Trinajstić information content (AvgIpc) is 2.79. The van der Waals surface area contributed by atoms with Gasteiger partial charge in [-0.05, 0) is 18.1 Å². The predicted octanol–water partition coefficient (Wildman–Crippen LogP) is 1.16. The molecule has 1 heterocycles. The zero-order valence-corrected chi connectivity index (χ0v) is 12.0. The number of nitrogens with one attached hydrogen (secondary N) is 1. The van der Waals surface area contributed by atoms with E-state index in [1.165, 1.54) is 0 Å². The lowest BCUT2D eigenvalue weighted by molar-refractivity contribution is -0.138. The number of rotatable bonds is 5. The normalized spacial score (nSPS) is 19.8. The van der Waals surface area contributed by atoms with Crippen LogP contribution in [0.25, 0.3) is 0 Å². The van der Waals surface area contributed by atoms with E-state index in [9.17, 15) is 14.4 Å². The number of carbonyl (C=O) groups excluding carboxylic acids is 2. The summed E-state index contributed by atoms with van der Waals surface area (Å²) in [5.74, 6) is 0.292. The summed E-state index contributed by atoms with van der Waals surface area (Å²) in [6, 6.07) is -0.228. The van der Waals surface area contributed by atoms with Crippen LogP contribution in [0.15, 0.2) is 0 Å². The highest BCUT2D eigenvalue weighted by Gasteiger charge is 2.25. The van der Waals surface area contributed by atoms with Crippen LogP contribution in [-0.4, -0.2) is 52.5 Å². The molecule has 6 nitrogen and oxygen atoms in total. The van der Waals surface area contributed by atoms with Crippen LogP contribution in [0, 0.1) is 5.92 Å². The molecule has 0 aromatic heterocycles. The lowest BCUT2D eigenvalue weighted by atomic mass is 10.0. The zero-order chi connectivity index (χ0) is 14.4. The molecule has 0 saturated carbocycles. The van der Waals surface area contributed by atoms with E-state index in [1.54, 1.807) is 30.6 Å². The van der Waals surface area contributed by atoms with Crippen LogP contribution < -0.4 is 5.32 Å². The number of hydrogen-bond donors (Lipinski definition) is 2. The lowest BCUT2D eigenvalue weighted by Gasteiger charge is -2.23. The summed E-state index contributed by atoms with van der Waals surface area (Å²) in [6.07, 6.45) is 0.917. The van der Waals surface area contributed by atoms with Gasteiger partial charge in [0.15, 0.2) is 0 Å². The number of carboxylic acid groups (broad SMARTS) is 1. The van der Waals surface area contributed by atoms with Crippen molar-refractivity contribution in [3.8, 4) is 0 Å². The minimum Gasteiger partial charge on any atom is -0.481 e. The van der Waals surface area contributed by atoms with E-state index in [0.29, 0.717) is 0 Å². The maximum absolute atomic E-state index is 11.8. The van der Waals surface area contributed by atoms with Crippen molar-refractivity contribution < 1.29 is 19.5 Å². The second-order valence-electron chi connectivity index (χ2n) is 4.89. The van der Waals surface area contributed by atoms with Gasteiger partial charge in [0.05, 0.1) is 0 Å². The summed E-state index contributed by atoms with van der Waals surface area (Å²) < 4.78 is 0. The highest BCUT2D eigenvalue weighted by Crippen LogP contribution is 2.21. The van der Waals surface area contributed by atoms with Crippen molar-refractivity contribution in [1.29, 1.82) is 0 Å². The summed E-state index contributed by atoms with van der Waals surface area (Å²) in [7, 11) is 1.68. The van der Waals surface area contributed by atoms with Gasteiger partial charge in [0.2, 0.25) is 5.91 Å². The molecule has 1 aliphatic rings. The summed E-state index contributed by atoms with van der Waals surface area (Å²) in [5, 5.41) is 10.9. The maximum Gasteiger partial charge on any atom is 0.324 e. The fourth-order valence-corrected chi connectivity index (χ4v) is 3.21. The van der Waals surface area contributed by atoms with Crippen LogP contribution in [0.2, 0.25) is 0 Å². The molecule has 108 valence electrons. The third-order valence-electron chi connectivity index (χ3n) is 3.08. The number of amides is 3. The van der Waals surface area contributed by atoms with Crippen molar-refractivity contribution in [3.05, 3.63) is 0 Å². The Morgan fingerprint density at radius 3 is 2.63 bits per heavy atom. The summed E-state index contributed by atoms with van der Waals surface area (Å²) in [4.78, 5) is 35.5. The Bertz CT molecular complexity index is 356. The molecule has 2 atom stereocenters. The molecular formula is C12H20N2O4S. The van der Waals surface area contributed by atoms with Crippen LogP contribution in [-0.2, 0) is 9.59 Å². The monoisotopic (exact) mass is 288 g/mol. The molecule has 1 aliphatic heterocycles. The Balaban J connectivity index is 2.34. The van der Waals surface area contributed by atoms with E-state index in [1.807, 2.05) is 0 Å². The smallest absolute Gasteiger partial charge is 0.324 e. The first kappa shape index (κ1) is 15.8. The largest absolute Gasteiger partial charge is 0.481 e. The molecule has 1 fully saturated rings. The standard InChI is InChI=1S/C12H20N2O4S/c1-8(6-11(16)17)5-10(15)13-12(18)14(2)9-3-4-19-7-9/h8-9H,3-7H2,1-2H3,(H,16,17)(H,13,15,18). The topological polar surface area (TPSA) is 86.7 Å². The molecule has 7 heteroatoms. The molecule has 0 radical (unpaired) electrons. The average molecular weight is 288 g/mol. The Hall–Kier alpha value is -1.24. The van der Waals surface area contributed by atoms with Gasteiger partial charge in [-0.3, -0.25) is 14.9 Å². The lowest BCUT2D eigenvalue weighted by Crippen LogP contribution is -2.46. The first-order chi connectivity index (χ1) is 8.90. The van der Waals surface area contributed by atoms with Gasteiger partial charge >= 0.3 is 12.0 Å². The molecule has 2 unspecified atom stereocenters. The number of hydrogen-bond acceptors (Lipinski definition) is 4. The van der Waals surface area contributed by atoms with E-state index < -0.39 is 17.9 Å². The molecule has 0 aliphatic carbocycles. The van der Waals surface area contributed by atoms with Crippen molar-refractivity contribution in [1.82, 2.24) is 10.2 Å². The molecule has 19 heavy (non-hydrogen) atoms. The van der Waals surface area contributed by atoms with Crippen molar-refractivity contribution in [2.45, 2.75) is 32.2 Å². The Kier molecular flexibility index (Phi) is 6.14. The van der Waals surface area contributed by atoms with Crippen LogP contribution in [0.3, 0.4) is 0 Å². The van der Waals surface area contributed by atoms with E-state index in [4.69, 9.17) is 5.11 Å². The van der Waals surface area contributed by atoms with Gasteiger partial charge in [0.25, 0.3) is 0 Å². The number of aliphatic carboxylic acids is 1. The molecule has 0 bridgehead atoms. The van der Waals surface area contributed by atoms with Gasteiger partial charge in [0.1, 0.15) is 0 Å². The number of urea groups is 1. The molecule has 0 aromatic carbocycles. The number of carbonyl (C=O) groups is 3. The van der Waals surface area contributed by atoms with E-state index in [0.717, 1.165) is 17.9 Å². The van der Waals surface area contributed by atoms with Crippen LogP contribution in [0.4, 0.5) is 4.79 Å². The van der Waals surface area contributed by atoms with Gasteiger partial charge in [-0.2, -0.15) is 11.8 Å². The van der Waals surface area contributed by atoms with Crippen LogP contribution in [0.1, 0.15) is 26.2 Å². The first-order valence-electron chi connectivity index (χ1n) is 6.26. The van der Waals surface area contributed by atoms with Gasteiger partial charge in [-0.15, -0.1) is 0 Å². The third kappa shape index (κ3) is 5.50. The molecule has 1 rings (SSSR count). The number of carboxylic acids is 1.